The van der Waals surface area contributed by atoms with Crippen molar-refractivity contribution in [3.63, 3.8) is 0 Å². The Hall–Kier alpha value is -1.91. The molecule has 0 saturated carbocycles. The molecule has 0 atom stereocenters. The van der Waals surface area contributed by atoms with Crippen LogP contribution in [0.2, 0.25) is 0 Å². The average Bonchev–Trinajstić information content (AvgIpc) is 2.37. The van der Waals surface area contributed by atoms with Crippen LogP contribution in [0.5, 0.6) is 0 Å². The first kappa shape index (κ1) is 12.5. The second-order valence-electron chi connectivity index (χ2n) is 4.37. The summed E-state index contributed by atoms with van der Waals surface area (Å²) in [5.74, 6) is -0.0258. The molecular weight excluding hydrogens is 230 g/mol. The molecular formula is C13H17N3O2. The molecule has 2 heterocycles. The third-order valence-electron chi connectivity index (χ3n) is 3.17. The van der Waals surface area contributed by atoms with Gasteiger partial charge in [0.25, 0.3) is 5.91 Å². The van der Waals surface area contributed by atoms with Crippen molar-refractivity contribution >= 4 is 11.8 Å². The fraction of sp³-hybridized carbons (Fsp3) is 0.462. The third kappa shape index (κ3) is 2.34. The summed E-state index contributed by atoms with van der Waals surface area (Å²) in [5, 5.41) is 2.79. The quantitative estimate of drug-likeness (QED) is 0.838. The number of nitrogens with zero attached hydrogens (tertiary/aromatic N) is 2. The highest BCUT2D eigenvalue weighted by atomic mass is 16.2. The summed E-state index contributed by atoms with van der Waals surface area (Å²) in [4.78, 5) is 29.1. The molecule has 0 fully saturated rings. The van der Waals surface area contributed by atoms with E-state index in [9.17, 15) is 9.59 Å². The average molecular weight is 247 g/mol. The van der Waals surface area contributed by atoms with Crippen LogP contribution < -0.4 is 5.32 Å². The molecule has 0 radical (unpaired) electrons. The van der Waals surface area contributed by atoms with E-state index in [1.54, 1.807) is 24.2 Å². The second-order valence-corrected chi connectivity index (χ2v) is 4.37. The third-order valence-corrected chi connectivity index (χ3v) is 3.17. The summed E-state index contributed by atoms with van der Waals surface area (Å²) in [6.07, 6.45) is 4.06. The van der Waals surface area contributed by atoms with Crippen LogP contribution in [0.25, 0.3) is 0 Å². The van der Waals surface area contributed by atoms with E-state index in [1.165, 1.54) is 0 Å². The maximum Gasteiger partial charge on any atom is 0.253 e. The molecule has 0 aliphatic carbocycles. The van der Waals surface area contributed by atoms with Crippen molar-refractivity contribution in [2.45, 2.75) is 26.8 Å². The molecule has 96 valence electrons. The first-order valence-corrected chi connectivity index (χ1v) is 6.13. The number of hydrogen-bond acceptors (Lipinski definition) is 3. The Morgan fingerprint density at radius 1 is 1.44 bits per heavy atom. The lowest BCUT2D eigenvalue weighted by Gasteiger charge is -2.28. The van der Waals surface area contributed by atoms with Crippen molar-refractivity contribution in [2.75, 3.05) is 13.1 Å². The van der Waals surface area contributed by atoms with Gasteiger partial charge in [-0.3, -0.25) is 14.6 Å². The van der Waals surface area contributed by atoms with Crippen molar-refractivity contribution in [2.24, 2.45) is 0 Å². The molecule has 0 unspecified atom stereocenters. The lowest BCUT2D eigenvalue weighted by atomic mass is 9.96. The van der Waals surface area contributed by atoms with Gasteiger partial charge in [-0.15, -0.1) is 0 Å². The maximum absolute atomic E-state index is 11.9. The predicted octanol–water partition coefficient (Wildman–Crippen LogP) is 0.736. The van der Waals surface area contributed by atoms with Crippen molar-refractivity contribution in [3.8, 4) is 0 Å². The molecule has 1 N–H and O–H groups in total. The summed E-state index contributed by atoms with van der Waals surface area (Å²) >= 11 is 0. The Balaban J connectivity index is 2.30. The largest absolute Gasteiger partial charge is 0.352 e. The molecule has 2 amide bonds. The number of amides is 2. The Labute approximate surface area is 106 Å². The minimum absolute atomic E-state index is 0.0593. The highest BCUT2D eigenvalue weighted by Crippen LogP contribution is 2.21. The Morgan fingerprint density at radius 2 is 2.22 bits per heavy atom. The zero-order valence-corrected chi connectivity index (χ0v) is 10.7. The molecule has 1 aromatic heterocycles. The fourth-order valence-corrected chi connectivity index (χ4v) is 2.21. The van der Waals surface area contributed by atoms with Crippen LogP contribution in [-0.2, 0) is 17.8 Å². The summed E-state index contributed by atoms with van der Waals surface area (Å²) < 4.78 is 0. The standard InChI is InChI=1S/C13H17N3O2/c1-3-15-13(18)12-7-14-6-10-8-16(9(2)17)5-4-11(10)12/h6-7H,3-5,8H2,1-2H3,(H,15,18). The lowest BCUT2D eigenvalue weighted by Crippen LogP contribution is -2.36. The van der Waals surface area contributed by atoms with E-state index in [-0.39, 0.29) is 11.8 Å². The van der Waals surface area contributed by atoms with Gasteiger partial charge in [-0.25, -0.2) is 0 Å². The van der Waals surface area contributed by atoms with E-state index in [4.69, 9.17) is 0 Å². The van der Waals surface area contributed by atoms with Gasteiger partial charge in [0.2, 0.25) is 5.91 Å². The van der Waals surface area contributed by atoms with E-state index < -0.39 is 0 Å². The van der Waals surface area contributed by atoms with Gasteiger partial charge in [0.05, 0.1) is 5.56 Å². The van der Waals surface area contributed by atoms with E-state index in [0.29, 0.717) is 31.6 Å². The smallest absolute Gasteiger partial charge is 0.253 e. The van der Waals surface area contributed by atoms with Crippen molar-refractivity contribution in [3.05, 3.63) is 29.1 Å². The normalized spacial score (nSPS) is 14.0. The van der Waals surface area contributed by atoms with Crippen LogP contribution >= 0.6 is 0 Å². The molecule has 0 bridgehead atoms. The van der Waals surface area contributed by atoms with Crippen LogP contribution in [0.4, 0.5) is 0 Å². The monoisotopic (exact) mass is 247 g/mol. The molecule has 1 aliphatic rings. The van der Waals surface area contributed by atoms with Crippen LogP contribution in [0.3, 0.4) is 0 Å². The molecule has 0 aromatic carbocycles. The second kappa shape index (κ2) is 5.16. The molecule has 5 nitrogen and oxygen atoms in total. The Morgan fingerprint density at radius 3 is 2.89 bits per heavy atom. The van der Waals surface area contributed by atoms with E-state index in [0.717, 1.165) is 11.1 Å². The van der Waals surface area contributed by atoms with Gasteiger partial charge in [-0.2, -0.15) is 0 Å². The minimum atomic E-state index is -0.0851. The van der Waals surface area contributed by atoms with Crippen molar-refractivity contribution in [1.82, 2.24) is 15.2 Å². The fourth-order valence-electron chi connectivity index (χ4n) is 2.21. The van der Waals surface area contributed by atoms with Gasteiger partial charge in [0.15, 0.2) is 0 Å². The molecule has 1 aliphatic heterocycles. The number of hydrogen-bond donors (Lipinski definition) is 1. The summed E-state index contributed by atoms with van der Waals surface area (Å²) in [6.45, 7) is 5.26. The van der Waals surface area contributed by atoms with Gasteiger partial charge < -0.3 is 10.2 Å². The Kier molecular flexibility index (Phi) is 3.60. The van der Waals surface area contributed by atoms with E-state index in [1.807, 2.05) is 6.92 Å². The van der Waals surface area contributed by atoms with Gasteiger partial charge in [0.1, 0.15) is 0 Å². The van der Waals surface area contributed by atoms with E-state index in [2.05, 4.69) is 10.3 Å². The maximum atomic E-state index is 11.9. The molecule has 18 heavy (non-hydrogen) atoms. The Bertz CT molecular complexity index is 485. The highest BCUT2D eigenvalue weighted by molar-refractivity contribution is 5.95. The number of fused-ring (bicyclic) bond motifs is 1. The van der Waals surface area contributed by atoms with Gasteiger partial charge in [-0.1, -0.05) is 0 Å². The van der Waals surface area contributed by atoms with Crippen LogP contribution in [-0.4, -0.2) is 34.8 Å². The van der Waals surface area contributed by atoms with Gasteiger partial charge in [0, 0.05) is 39.0 Å². The number of nitrogens with one attached hydrogen (secondary N) is 1. The van der Waals surface area contributed by atoms with E-state index >= 15 is 0 Å². The number of aromatic nitrogens is 1. The molecule has 0 saturated heterocycles. The first-order valence-electron chi connectivity index (χ1n) is 6.13. The summed E-state index contributed by atoms with van der Waals surface area (Å²) in [6, 6.07) is 0. The van der Waals surface area contributed by atoms with Gasteiger partial charge in [-0.05, 0) is 24.5 Å². The number of rotatable bonds is 2. The number of carbonyl (C=O) groups excluding carboxylic acids is 2. The topological polar surface area (TPSA) is 62.3 Å². The molecule has 5 heteroatoms. The SMILES string of the molecule is CCNC(=O)c1cncc2c1CCN(C(C)=O)C2. The molecule has 1 aromatic rings. The highest BCUT2D eigenvalue weighted by Gasteiger charge is 2.22. The zero-order chi connectivity index (χ0) is 13.1. The summed E-state index contributed by atoms with van der Waals surface area (Å²) in [5.41, 5.74) is 2.63. The van der Waals surface area contributed by atoms with Gasteiger partial charge >= 0.3 is 0 Å². The zero-order valence-electron chi connectivity index (χ0n) is 10.7. The van der Waals surface area contributed by atoms with Crippen molar-refractivity contribution < 1.29 is 9.59 Å². The summed E-state index contributed by atoms with van der Waals surface area (Å²) in [7, 11) is 0. The lowest BCUT2D eigenvalue weighted by molar-refractivity contribution is -0.129. The van der Waals surface area contributed by atoms with Crippen LogP contribution in [0.15, 0.2) is 12.4 Å². The number of carbonyl (C=O) groups is 2. The minimum Gasteiger partial charge on any atom is -0.352 e. The molecule has 2 rings (SSSR count). The predicted molar refractivity (Wildman–Crippen MR) is 67.0 cm³/mol. The van der Waals surface area contributed by atoms with Crippen LogP contribution in [0, 0.1) is 0 Å². The van der Waals surface area contributed by atoms with Crippen LogP contribution in [0.1, 0.15) is 35.3 Å². The number of pyridine rings is 1. The first-order chi connectivity index (χ1) is 8.63. The van der Waals surface area contributed by atoms with Crippen molar-refractivity contribution in [1.29, 1.82) is 0 Å². The molecule has 0 spiro atoms.